The first-order chi connectivity index (χ1) is 15.5. The number of aryl methyl sites for hydroxylation is 1. The van der Waals surface area contributed by atoms with Gasteiger partial charge in [-0.25, -0.2) is 0 Å². The van der Waals surface area contributed by atoms with Crippen LogP contribution in [0.4, 0.5) is 0 Å². The lowest BCUT2D eigenvalue weighted by atomic mass is 9.81. The van der Waals surface area contributed by atoms with E-state index < -0.39 is 0 Å². The molecule has 0 bridgehead atoms. The van der Waals surface area contributed by atoms with E-state index in [-0.39, 0.29) is 17.2 Å². The Hall–Kier alpha value is -2.65. The van der Waals surface area contributed by atoms with E-state index in [1.54, 1.807) is 32.4 Å². The van der Waals surface area contributed by atoms with Gasteiger partial charge in [0.2, 0.25) is 5.89 Å². The first kappa shape index (κ1) is 21.2. The van der Waals surface area contributed by atoms with Gasteiger partial charge in [-0.05, 0) is 31.9 Å². The first-order valence-corrected chi connectivity index (χ1v) is 11.2. The topological polar surface area (TPSA) is 90.2 Å². The molecule has 3 saturated heterocycles. The highest BCUT2D eigenvalue weighted by molar-refractivity contribution is 5.97. The second kappa shape index (κ2) is 8.37. The lowest BCUT2D eigenvalue weighted by Gasteiger charge is -2.33. The summed E-state index contributed by atoms with van der Waals surface area (Å²) >= 11 is 0. The summed E-state index contributed by atoms with van der Waals surface area (Å²) in [6.07, 6.45) is 2.08. The summed E-state index contributed by atoms with van der Waals surface area (Å²) in [5.74, 6) is 2.62. The minimum Gasteiger partial charge on any atom is -0.497 e. The van der Waals surface area contributed by atoms with Crippen molar-refractivity contribution < 1.29 is 23.5 Å². The largest absolute Gasteiger partial charge is 0.497 e. The molecule has 3 aliphatic heterocycles. The van der Waals surface area contributed by atoms with Crippen LogP contribution in [0.5, 0.6) is 11.5 Å². The zero-order valence-corrected chi connectivity index (χ0v) is 18.9. The van der Waals surface area contributed by atoms with Crippen molar-refractivity contribution >= 4 is 5.91 Å². The minimum absolute atomic E-state index is 0.0490. The molecule has 0 saturated carbocycles. The first-order valence-electron chi connectivity index (χ1n) is 11.2. The molecule has 5 rings (SSSR count). The summed E-state index contributed by atoms with van der Waals surface area (Å²) in [6, 6.07) is 5.80. The number of fused-ring (bicyclic) bond motifs is 1. The maximum Gasteiger partial charge on any atom is 0.257 e. The molecule has 9 nitrogen and oxygen atoms in total. The molecule has 0 N–H and O–H groups in total. The molecule has 0 spiro atoms. The average Bonchev–Trinajstić information content (AvgIpc) is 3.51. The van der Waals surface area contributed by atoms with E-state index in [1.807, 2.05) is 11.8 Å². The molecule has 1 aromatic carbocycles. The standard InChI is InChI=1S/C23H30N4O5/c1-15-24-22(32-25-15)23-13-26(17-6-8-31-9-7-17)11-16(23)12-27(14-23)21(28)19-5-4-18(29-2)10-20(19)30-3/h4-5,10,16-17H,6-9,11-14H2,1-3H3. The van der Waals surface area contributed by atoms with Gasteiger partial charge in [0.1, 0.15) is 11.5 Å². The molecule has 4 heterocycles. The van der Waals surface area contributed by atoms with Gasteiger partial charge < -0.3 is 23.6 Å². The van der Waals surface area contributed by atoms with E-state index in [1.165, 1.54) is 0 Å². The van der Waals surface area contributed by atoms with E-state index in [2.05, 4.69) is 15.0 Å². The smallest absolute Gasteiger partial charge is 0.257 e. The molecule has 1 amide bonds. The second-order valence-electron chi connectivity index (χ2n) is 9.02. The Morgan fingerprint density at radius 1 is 1.16 bits per heavy atom. The highest BCUT2D eigenvalue weighted by atomic mass is 16.5. The third-order valence-electron chi connectivity index (χ3n) is 7.22. The van der Waals surface area contributed by atoms with Crippen molar-refractivity contribution in [2.75, 3.05) is 53.6 Å². The number of amides is 1. The SMILES string of the molecule is COc1ccc(C(=O)N2CC3CN(C4CCOCC4)CC3(c3nc(C)no3)C2)c(OC)c1. The monoisotopic (exact) mass is 442 g/mol. The summed E-state index contributed by atoms with van der Waals surface area (Å²) in [5, 5.41) is 4.07. The van der Waals surface area contributed by atoms with Crippen molar-refractivity contribution in [3.05, 3.63) is 35.5 Å². The Balaban J connectivity index is 1.42. The molecule has 2 aromatic rings. The quantitative estimate of drug-likeness (QED) is 0.694. The van der Waals surface area contributed by atoms with Crippen LogP contribution in [0.1, 0.15) is 34.9 Å². The maximum absolute atomic E-state index is 13.5. The number of likely N-dealkylation sites (tertiary alicyclic amines) is 2. The molecule has 2 atom stereocenters. The van der Waals surface area contributed by atoms with Gasteiger partial charge in [0.05, 0.1) is 25.2 Å². The molecule has 0 aliphatic carbocycles. The highest BCUT2D eigenvalue weighted by Crippen LogP contribution is 2.46. The molecule has 2 unspecified atom stereocenters. The average molecular weight is 443 g/mol. The summed E-state index contributed by atoms with van der Waals surface area (Å²) < 4.78 is 22.0. The molecule has 1 aromatic heterocycles. The molecule has 172 valence electrons. The van der Waals surface area contributed by atoms with Crippen molar-refractivity contribution in [1.29, 1.82) is 0 Å². The van der Waals surface area contributed by atoms with Crippen LogP contribution in [0, 0.1) is 12.8 Å². The molecule has 0 radical (unpaired) electrons. The van der Waals surface area contributed by atoms with Gasteiger partial charge in [-0.2, -0.15) is 4.98 Å². The van der Waals surface area contributed by atoms with Crippen LogP contribution in [0.25, 0.3) is 0 Å². The Morgan fingerprint density at radius 3 is 2.66 bits per heavy atom. The van der Waals surface area contributed by atoms with Gasteiger partial charge in [0.15, 0.2) is 5.82 Å². The van der Waals surface area contributed by atoms with Gasteiger partial charge in [0.25, 0.3) is 5.91 Å². The van der Waals surface area contributed by atoms with E-state index in [0.29, 0.717) is 47.9 Å². The van der Waals surface area contributed by atoms with Gasteiger partial charge in [-0.1, -0.05) is 5.16 Å². The number of ether oxygens (including phenoxy) is 3. The van der Waals surface area contributed by atoms with Crippen LogP contribution < -0.4 is 9.47 Å². The number of hydrogen-bond donors (Lipinski definition) is 0. The zero-order valence-electron chi connectivity index (χ0n) is 18.9. The van der Waals surface area contributed by atoms with Crippen LogP contribution in [-0.4, -0.2) is 85.5 Å². The van der Waals surface area contributed by atoms with Crippen LogP contribution >= 0.6 is 0 Å². The fraction of sp³-hybridized carbons (Fsp3) is 0.609. The predicted molar refractivity (Wildman–Crippen MR) is 115 cm³/mol. The molecular formula is C23H30N4O5. The number of hydrogen-bond acceptors (Lipinski definition) is 8. The third kappa shape index (κ3) is 3.53. The summed E-state index contributed by atoms with van der Waals surface area (Å²) in [6.45, 7) is 6.37. The molecule has 3 aliphatic rings. The van der Waals surface area contributed by atoms with Crippen LogP contribution in [-0.2, 0) is 10.2 Å². The van der Waals surface area contributed by atoms with Gasteiger partial charge in [-0.15, -0.1) is 0 Å². The van der Waals surface area contributed by atoms with Crippen molar-refractivity contribution in [2.24, 2.45) is 5.92 Å². The summed E-state index contributed by atoms with van der Waals surface area (Å²) in [4.78, 5) is 22.6. The molecule has 32 heavy (non-hydrogen) atoms. The molecule has 9 heteroatoms. The van der Waals surface area contributed by atoms with E-state index >= 15 is 0 Å². The van der Waals surface area contributed by atoms with Crippen molar-refractivity contribution in [3.8, 4) is 11.5 Å². The zero-order chi connectivity index (χ0) is 22.3. The minimum atomic E-state index is -0.352. The van der Waals surface area contributed by atoms with E-state index in [0.717, 1.165) is 39.1 Å². The Labute approximate surface area is 187 Å². The van der Waals surface area contributed by atoms with Crippen LogP contribution in [0.3, 0.4) is 0 Å². The lowest BCUT2D eigenvalue weighted by Crippen LogP contribution is -2.44. The number of carbonyl (C=O) groups is 1. The number of methoxy groups -OCH3 is 2. The predicted octanol–water partition coefficient (Wildman–Crippen LogP) is 1.90. The molecular weight excluding hydrogens is 412 g/mol. The Bertz CT molecular complexity index is 989. The maximum atomic E-state index is 13.5. The van der Waals surface area contributed by atoms with Gasteiger partial charge in [0, 0.05) is 57.4 Å². The van der Waals surface area contributed by atoms with Crippen LogP contribution in [0.15, 0.2) is 22.7 Å². The van der Waals surface area contributed by atoms with Crippen LogP contribution in [0.2, 0.25) is 0 Å². The number of rotatable bonds is 5. The van der Waals surface area contributed by atoms with Crippen molar-refractivity contribution in [2.45, 2.75) is 31.2 Å². The highest BCUT2D eigenvalue weighted by Gasteiger charge is 2.58. The number of benzene rings is 1. The lowest BCUT2D eigenvalue weighted by molar-refractivity contribution is 0.0369. The van der Waals surface area contributed by atoms with E-state index in [4.69, 9.17) is 18.7 Å². The fourth-order valence-electron chi connectivity index (χ4n) is 5.53. The Morgan fingerprint density at radius 2 is 1.97 bits per heavy atom. The Kier molecular flexibility index (Phi) is 5.54. The summed E-state index contributed by atoms with van der Waals surface area (Å²) in [5.41, 5.74) is 0.181. The number of aromatic nitrogens is 2. The fourth-order valence-corrected chi connectivity index (χ4v) is 5.53. The summed E-state index contributed by atoms with van der Waals surface area (Å²) in [7, 11) is 3.16. The van der Waals surface area contributed by atoms with E-state index in [9.17, 15) is 4.79 Å². The van der Waals surface area contributed by atoms with Gasteiger partial charge >= 0.3 is 0 Å². The number of carbonyl (C=O) groups excluding carboxylic acids is 1. The van der Waals surface area contributed by atoms with Gasteiger partial charge in [-0.3, -0.25) is 9.69 Å². The third-order valence-corrected chi connectivity index (χ3v) is 7.22. The second-order valence-corrected chi connectivity index (χ2v) is 9.02. The van der Waals surface area contributed by atoms with Crippen molar-refractivity contribution in [3.63, 3.8) is 0 Å². The normalized spacial score (nSPS) is 26.3. The number of nitrogens with zero attached hydrogens (tertiary/aromatic N) is 4. The molecule has 3 fully saturated rings. The van der Waals surface area contributed by atoms with Crippen molar-refractivity contribution in [1.82, 2.24) is 19.9 Å².